The molecule has 94 valence electrons. The lowest BCUT2D eigenvalue weighted by Crippen LogP contribution is -2.29. The summed E-state index contributed by atoms with van der Waals surface area (Å²) in [4.78, 5) is 11.5. The molecule has 0 fully saturated rings. The van der Waals surface area contributed by atoms with Gasteiger partial charge in [0.1, 0.15) is 6.04 Å². The number of carbonyl (C=O) groups is 1. The van der Waals surface area contributed by atoms with Gasteiger partial charge in [-0.3, -0.25) is 0 Å². The van der Waals surface area contributed by atoms with Crippen molar-refractivity contribution in [3.63, 3.8) is 0 Å². The van der Waals surface area contributed by atoms with Gasteiger partial charge in [0, 0.05) is 5.69 Å². The van der Waals surface area contributed by atoms with Crippen molar-refractivity contribution in [2.75, 3.05) is 12.4 Å². The molecule has 1 rings (SSSR count). The first-order chi connectivity index (χ1) is 8.12. The number of nitrogens with one attached hydrogen (secondary N) is 1. The summed E-state index contributed by atoms with van der Waals surface area (Å²) >= 11 is 0. The lowest BCUT2D eigenvalue weighted by Gasteiger charge is -2.17. The largest absolute Gasteiger partial charge is 0.467 e. The van der Waals surface area contributed by atoms with Crippen molar-refractivity contribution >= 4 is 11.7 Å². The van der Waals surface area contributed by atoms with E-state index in [1.54, 1.807) is 0 Å². The van der Waals surface area contributed by atoms with Gasteiger partial charge in [-0.1, -0.05) is 19.9 Å². The zero-order chi connectivity index (χ0) is 12.8. The molecule has 1 unspecified atom stereocenters. The molecule has 0 aromatic heterocycles. The lowest BCUT2D eigenvalue weighted by atomic mass is 10.1. The maximum atomic E-state index is 11.5. The van der Waals surface area contributed by atoms with E-state index in [4.69, 9.17) is 4.74 Å². The summed E-state index contributed by atoms with van der Waals surface area (Å²) in [6.45, 7) is 6.19. The molecule has 0 amide bonds. The summed E-state index contributed by atoms with van der Waals surface area (Å²) in [7, 11) is 1.42. The van der Waals surface area contributed by atoms with Gasteiger partial charge in [-0.25, -0.2) is 4.79 Å². The van der Waals surface area contributed by atoms with Gasteiger partial charge in [0.15, 0.2) is 0 Å². The molecule has 0 aliphatic carbocycles. The van der Waals surface area contributed by atoms with E-state index in [0.29, 0.717) is 6.42 Å². The summed E-state index contributed by atoms with van der Waals surface area (Å²) in [5.74, 6) is -0.217. The van der Waals surface area contributed by atoms with E-state index >= 15 is 0 Å². The van der Waals surface area contributed by atoms with Crippen LogP contribution in [0.1, 0.15) is 31.4 Å². The van der Waals surface area contributed by atoms with Crippen molar-refractivity contribution in [1.29, 1.82) is 0 Å². The Labute approximate surface area is 103 Å². The number of aryl methyl sites for hydroxylation is 2. The highest BCUT2D eigenvalue weighted by Gasteiger charge is 2.16. The molecule has 3 nitrogen and oxygen atoms in total. The molecule has 1 aromatic rings. The molecular weight excluding hydrogens is 214 g/mol. The molecule has 1 N–H and O–H groups in total. The second-order valence-corrected chi connectivity index (χ2v) is 4.12. The van der Waals surface area contributed by atoms with Gasteiger partial charge in [0.2, 0.25) is 0 Å². The van der Waals surface area contributed by atoms with E-state index in [-0.39, 0.29) is 12.0 Å². The van der Waals surface area contributed by atoms with Crippen LogP contribution in [-0.2, 0) is 16.0 Å². The molecule has 17 heavy (non-hydrogen) atoms. The predicted molar refractivity (Wildman–Crippen MR) is 70.3 cm³/mol. The van der Waals surface area contributed by atoms with Crippen molar-refractivity contribution in [3.8, 4) is 0 Å². The Morgan fingerprint density at radius 2 is 2.12 bits per heavy atom. The van der Waals surface area contributed by atoms with Crippen molar-refractivity contribution < 1.29 is 9.53 Å². The Hall–Kier alpha value is -1.51. The molecule has 1 aromatic carbocycles. The van der Waals surface area contributed by atoms with E-state index in [9.17, 15) is 4.79 Å². The minimum Gasteiger partial charge on any atom is -0.467 e. The number of rotatable bonds is 5. The molecule has 1 atom stereocenters. The standard InChI is InChI=1S/C14H21NO2/c1-5-11-9-12(8-7-10(11)3)15-13(6-2)14(16)17-4/h7-9,13,15H,5-6H2,1-4H3. The zero-order valence-corrected chi connectivity index (χ0v) is 11.0. The fourth-order valence-electron chi connectivity index (χ4n) is 1.81. The number of ether oxygens (including phenoxy) is 1. The maximum Gasteiger partial charge on any atom is 0.328 e. The van der Waals surface area contributed by atoms with E-state index in [1.807, 2.05) is 13.0 Å². The number of methoxy groups -OCH3 is 1. The van der Waals surface area contributed by atoms with Crippen molar-refractivity contribution in [3.05, 3.63) is 29.3 Å². The van der Waals surface area contributed by atoms with Crippen LogP contribution in [-0.4, -0.2) is 19.1 Å². The van der Waals surface area contributed by atoms with Crippen LogP contribution in [0.5, 0.6) is 0 Å². The molecule has 0 saturated heterocycles. The van der Waals surface area contributed by atoms with Gasteiger partial charge in [-0.2, -0.15) is 0 Å². The monoisotopic (exact) mass is 235 g/mol. The fraction of sp³-hybridized carbons (Fsp3) is 0.500. The summed E-state index contributed by atoms with van der Waals surface area (Å²) < 4.78 is 4.75. The average Bonchev–Trinajstić information content (AvgIpc) is 2.36. The van der Waals surface area contributed by atoms with Gasteiger partial charge in [0.25, 0.3) is 0 Å². The van der Waals surface area contributed by atoms with E-state index in [2.05, 4.69) is 31.3 Å². The highest BCUT2D eigenvalue weighted by molar-refractivity contribution is 5.79. The second kappa shape index (κ2) is 6.28. The first-order valence-electron chi connectivity index (χ1n) is 6.06. The van der Waals surface area contributed by atoms with Crippen LogP contribution >= 0.6 is 0 Å². The quantitative estimate of drug-likeness (QED) is 0.797. The first-order valence-corrected chi connectivity index (χ1v) is 6.06. The fourth-order valence-corrected chi connectivity index (χ4v) is 1.81. The van der Waals surface area contributed by atoms with Crippen molar-refractivity contribution in [2.24, 2.45) is 0 Å². The Kier molecular flexibility index (Phi) is 5.01. The Morgan fingerprint density at radius 1 is 1.41 bits per heavy atom. The van der Waals surface area contributed by atoms with Gasteiger partial charge in [-0.15, -0.1) is 0 Å². The van der Waals surface area contributed by atoms with Crippen LogP contribution in [0.2, 0.25) is 0 Å². The number of hydrogen-bond acceptors (Lipinski definition) is 3. The minimum absolute atomic E-state index is 0.217. The number of anilines is 1. The highest BCUT2D eigenvalue weighted by Crippen LogP contribution is 2.17. The predicted octanol–water partition coefficient (Wildman–Crippen LogP) is 2.92. The first kappa shape index (κ1) is 13.6. The van der Waals surface area contributed by atoms with Crippen LogP contribution in [0, 0.1) is 6.92 Å². The topological polar surface area (TPSA) is 38.3 Å². The number of carbonyl (C=O) groups excluding carboxylic acids is 1. The molecule has 0 radical (unpaired) electrons. The Balaban J connectivity index is 2.83. The number of hydrogen-bond donors (Lipinski definition) is 1. The highest BCUT2D eigenvalue weighted by atomic mass is 16.5. The Morgan fingerprint density at radius 3 is 2.65 bits per heavy atom. The average molecular weight is 235 g/mol. The van der Waals surface area contributed by atoms with Crippen LogP contribution in [0.4, 0.5) is 5.69 Å². The van der Waals surface area contributed by atoms with Crippen LogP contribution in [0.3, 0.4) is 0 Å². The van der Waals surface area contributed by atoms with Crippen LogP contribution in [0.15, 0.2) is 18.2 Å². The second-order valence-electron chi connectivity index (χ2n) is 4.12. The lowest BCUT2D eigenvalue weighted by molar-refractivity contribution is -0.141. The molecule has 0 heterocycles. The SMILES string of the molecule is CCc1cc(NC(CC)C(=O)OC)ccc1C. The summed E-state index contributed by atoms with van der Waals surface area (Å²) in [6.07, 6.45) is 1.71. The van der Waals surface area contributed by atoms with Gasteiger partial charge in [0.05, 0.1) is 7.11 Å². The number of esters is 1. The van der Waals surface area contributed by atoms with Gasteiger partial charge in [-0.05, 0) is 43.0 Å². The molecule has 0 aliphatic rings. The maximum absolute atomic E-state index is 11.5. The third kappa shape index (κ3) is 3.48. The summed E-state index contributed by atoms with van der Waals surface area (Å²) in [5.41, 5.74) is 3.56. The van der Waals surface area contributed by atoms with Crippen molar-refractivity contribution in [1.82, 2.24) is 0 Å². The van der Waals surface area contributed by atoms with Gasteiger partial charge < -0.3 is 10.1 Å². The van der Waals surface area contributed by atoms with E-state index in [0.717, 1.165) is 12.1 Å². The molecule has 0 aliphatic heterocycles. The summed E-state index contributed by atoms with van der Waals surface area (Å²) in [6, 6.07) is 5.90. The zero-order valence-electron chi connectivity index (χ0n) is 11.0. The minimum atomic E-state index is -0.271. The van der Waals surface area contributed by atoms with Crippen LogP contribution in [0.25, 0.3) is 0 Å². The van der Waals surface area contributed by atoms with Crippen molar-refractivity contribution in [2.45, 2.75) is 39.7 Å². The molecule has 0 saturated carbocycles. The Bertz CT molecular complexity index is 388. The third-order valence-corrected chi connectivity index (χ3v) is 2.96. The van der Waals surface area contributed by atoms with E-state index in [1.165, 1.54) is 18.2 Å². The summed E-state index contributed by atoms with van der Waals surface area (Å²) in [5, 5.41) is 3.21. The molecule has 0 spiro atoms. The smallest absolute Gasteiger partial charge is 0.328 e. The molecule has 0 bridgehead atoms. The van der Waals surface area contributed by atoms with E-state index < -0.39 is 0 Å². The molecular formula is C14H21NO2. The molecule has 3 heteroatoms. The van der Waals surface area contributed by atoms with Gasteiger partial charge >= 0.3 is 5.97 Å². The normalized spacial score (nSPS) is 12.0. The third-order valence-electron chi connectivity index (χ3n) is 2.96. The van der Waals surface area contributed by atoms with Crippen LogP contribution < -0.4 is 5.32 Å². The number of benzene rings is 1.